The first-order valence-corrected chi connectivity index (χ1v) is 16.7. The molecule has 1 aromatic heterocycles. The summed E-state index contributed by atoms with van der Waals surface area (Å²) in [6, 6.07) is 17.1. The minimum Gasteiger partial charge on any atom is -0.352 e. The van der Waals surface area contributed by atoms with Crippen LogP contribution in [-0.2, 0) is 14.8 Å². The number of nitrogens with one attached hydrogen (secondary N) is 2. The number of hydrogen-bond acceptors (Lipinski definition) is 6. The van der Waals surface area contributed by atoms with Gasteiger partial charge in [-0.1, -0.05) is 62.4 Å². The van der Waals surface area contributed by atoms with Crippen molar-refractivity contribution < 1.29 is 18.0 Å². The minimum absolute atomic E-state index is 0.0153. The molecule has 2 aromatic carbocycles. The van der Waals surface area contributed by atoms with Crippen LogP contribution in [0, 0.1) is 17.2 Å². The van der Waals surface area contributed by atoms with Crippen molar-refractivity contribution in [3.05, 3.63) is 65.0 Å². The number of hydrogen-bond donors (Lipinski definition) is 2. The zero-order valence-corrected chi connectivity index (χ0v) is 24.7. The summed E-state index contributed by atoms with van der Waals surface area (Å²) in [5, 5.41) is 16.6. The first-order valence-electron chi connectivity index (χ1n) is 14.4. The second-order valence-electron chi connectivity index (χ2n) is 11.1. The van der Waals surface area contributed by atoms with Gasteiger partial charge in [-0.3, -0.25) is 9.59 Å². The third-order valence-electron chi connectivity index (χ3n) is 8.22. The molecular formula is C31H36N4O4S2. The fourth-order valence-electron chi connectivity index (χ4n) is 5.99. The molecule has 2 heterocycles. The van der Waals surface area contributed by atoms with Gasteiger partial charge in [-0.25, -0.2) is 8.42 Å². The van der Waals surface area contributed by atoms with E-state index in [1.54, 1.807) is 12.1 Å². The molecule has 1 saturated carbocycles. The number of nitrogens with zero attached hydrogens (tertiary/aromatic N) is 2. The van der Waals surface area contributed by atoms with Gasteiger partial charge in [0.25, 0.3) is 5.91 Å². The Labute approximate surface area is 245 Å². The number of rotatable bonds is 8. The molecule has 2 aliphatic rings. The second kappa shape index (κ2) is 13.1. The standard InChI is InChI=1S/C31H36N4O4S2/c32-21-24-12-5-7-15-29(24)41(38,39)35-17-8-13-25(16-18-35)33-30(36)26(19-22-9-2-1-3-10-22)34-31(37)28-20-23-11-4-6-14-27(23)40-28/h4-7,11-12,14-15,20,22,25-26H,1-3,8-10,13,16-19H2,(H,33,36)(H,34,37)/t25?,26-/m0/s1. The summed E-state index contributed by atoms with van der Waals surface area (Å²) in [5.74, 6) is -0.0604. The first kappa shape index (κ1) is 29.2. The summed E-state index contributed by atoms with van der Waals surface area (Å²) in [7, 11) is -3.83. The third-order valence-corrected chi connectivity index (χ3v) is 11.3. The van der Waals surface area contributed by atoms with Crippen molar-refractivity contribution >= 4 is 43.3 Å². The summed E-state index contributed by atoms with van der Waals surface area (Å²) in [5.41, 5.74) is 0.126. The number of carbonyl (C=O) groups excluding carboxylic acids is 2. The zero-order valence-electron chi connectivity index (χ0n) is 23.1. The van der Waals surface area contributed by atoms with E-state index < -0.39 is 16.1 Å². The summed E-state index contributed by atoms with van der Waals surface area (Å²) in [6.07, 6.45) is 7.89. The van der Waals surface area contributed by atoms with Crippen LogP contribution < -0.4 is 10.6 Å². The lowest BCUT2D eigenvalue weighted by Gasteiger charge is -2.28. The topological polar surface area (TPSA) is 119 Å². The molecule has 2 atom stereocenters. The molecule has 8 nitrogen and oxygen atoms in total. The van der Waals surface area contributed by atoms with E-state index in [0.29, 0.717) is 43.0 Å². The Morgan fingerprint density at radius 2 is 1.73 bits per heavy atom. The minimum atomic E-state index is -3.83. The zero-order chi connectivity index (χ0) is 28.8. The normalized spacial score (nSPS) is 19.6. The highest BCUT2D eigenvalue weighted by Crippen LogP contribution is 2.29. The van der Waals surface area contributed by atoms with Gasteiger partial charge in [-0.2, -0.15) is 9.57 Å². The van der Waals surface area contributed by atoms with Crippen LogP contribution in [-0.4, -0.2) is 49.7 Å². The average Bonchev–Trinajstić information content (AvgIpc) is 3.29. The van der Waals surface area contributed by atoms with Gasteiger partial charge < -0.3 is 10.6 Å². The van der Waals surface area contributed by atoms with Crippen molar-refractivity contribution in [2.45, 2.75) is 74.8 Å². The number of nitriles is 1. The summed E-state index contributed by atoms with van der Waals surface area (Å²) in [4.78, 5) is 27.5. The van der Waals surface area contributed by atoms with Crippen LogP contribution in [0.5, 0.6) is 0 Å². The van der Waals surface area contributed by atoms with Crippen LogP contribution in [0.4, 0.5) is 0 Å². The molecule has 1 aliphatic carbocycles. The molecule has 2 fully saturated rings. The van der Waals surface area contributed by atoms with Crippen LogP contribution in [0.1, 0.15) is 73.0 Å². The molecule has 1 aliphatic heterocycles. The quantitative estimate of drug-likeness (QED) is 0.373. The van der Waals surface area contributed by atoms with E-state index in [1.165, 1.54) is 34.2 Å². The van der Waals surface area contributed by atoms with Crippen molar-refractivity contribution in [1.82, 2.24) is 14.9 Å². The van der Waals surface area contributed by atoms with E-state index in [9.17, 15) is 23.3 Å². The molecule has 0 bridgehead atoms. The summed E-state index contributed by atoms with van der Waals surface area (Å²) < 4.78 is 29.1. The predicted octanol–water partition coefficient (Wildman–Crippen LogP) is 5.20. The van der Waals surface area contributed by atoms with Gasteiger partial charge in [0.05, 0.1) is 15.3 Å². The molecule has 1 saturated heterocycles. The molecule has 2 N–H and O–H groups in total. The van der Waals surface area contributed by atoms with E-state index in [4.69, 9.17) is 0 Å². The van der Waals surface area contributed by atoms with Gasteiger partial charge >= 0.3 is 0 Å². The van der Waals surface area contributed by atoms with Crippen LogP contribution in [0.25, 0.3) is 10.1 Å². The lowest BCUT2D eigenvalue weighted by molar-refractivity contribution is -0.124. The van der Waals surface area contributed by atoms with Gasteiger partial charge in [0.1, 0.15) is 12.1 Å². The molecule has 1 unspecified atom stereocenters. The van der Waals surface area contributed by atoms with Gasteiger partial charge in [-0.05, 0) is 61.3 Å². The van der Waals surface area contributed by atoms with E-state index in [-0.39, 0.29) is 34.9 Å². The highest BCUT2D eigenvalue weighted by molar-refractivity contribution is 7.89. The Balaban J connectivity index is 1.26. The number of fused-ring (bicyclic) bond motifs is 1. The monoisotopic (exact) mass is 592 g/mol. The van der Waals surface area contributed by atoms with Crippen LogP contribution in [0.2, 0.25) is 0 Å². The number of amides is 2. The summed E-state index contributed by atoms with van der Waals surface area (Å²) in [6.45, 7) is 0.567. The maximum atomic E-state index is 13.6. The molecule has 10 heteroatoms. The number of carbonyl (C=O) groups is 2. The maximum absolute atomic E-state index is 13.6. The Bertz CT molecular complexity index is 1510. The Hall–Kier alpha value is -3.26. The number of benzene rings is 2. The molecule has 216 valence electrons. The van der Waals surface area contributed by atoms with Crippen molar-refractivity contribution in [2.24, 2.45) is 5.92 Å². The Morgan fingerprint density at radius 3 is 2.51 bits per heavy atom. The van der Waals surface area contributed by atoms with Gasteiger partial charge in [0.2, 0.25) is 15.9 Å². The molecule has 5 rings (SSSR count). The van der Waals surface area contributed by atoms with Gasteiger partial charge in [0, 0.05) is 23.8 Å². The number of thiophene rings is 1. The highest BCUT2D eigenvalue weighted by Gasteiger charge is 2.32. The fraction of sp³-hybridized carbons (Fsp3) is 0.452. The number of sulfonamides is 1. The van der Waals surface area contributed by atoms with Gasteiger partial charge in [-0.15, -0.1) is 11.3 Å². The maximum Gasteiger partial charge on any atom is 0.262 e. The Morgan fingerprint density at radius 1 is 0.976 bits per heavy atom. The first-order chi connectivity index (χ1) is 19.8. The molecule has 0 radical (unpaired) electrons. The molecule has 0 spiro atoms. The third kappa shape index (κ3) is 6.97. The lowest BCUT2D eigenvalue weighted by atomic mass is 9.84. The molecule has 3 aromatic rings. The van der Waals surface area contributed by atoms with E-state index in [0.717, 1.165) is 35.8 Å². The van der Waals surface area contributed by atoms with Crippen LogP contribution in [0.15, 0.2) is 59.5 Å². The smallest absolute Gasteiger partial charge is 0.262 e. The lowest BCUT2D eigenvalue weighted by Crippen LogP contribution is -2.50. The molecular weight excluding hydrogens is 556 g/mol. The van der Waals surface area contributed by atoms with E-state index in [2.05, 4.69) is 10.6 Å². The van der Waals surface area contributed by atoms with E-state index >= 15 is 0 Å². The van der Waals surface area contributed by atoms with Crippen molar-refractivity contribution in [3.63, 3.8) is 0 Å². The average molecular weight is 593 g/mol. The molecule has 2 amide bonds. The summed E-state index contributed by atoms with van der Waals surface area (Å²) >= 11 is 1.42. The van der Waals surface area contributed by atoms with Crippen molar-refractivity contribution in [1.29, 1.82) is 5.26 Å². The highest BCUT2D eigenvalue weighted by atomic mass is 32.2. The second-order valence-corrected chi connectivity index (χ2v) is 14.1. The van der Waals surface area contributed by atoms with Crippen LogP contribution in [0.3, 0.4) is 0 Å². The van der Waals surface area contributed by atoms with E-state index in [1.807, 2.05) is 36.4 Å². The SMILES string of the molecule is N#Cc1ccccc1S(=O)(=O)N1CCCC(NC(=O)[C@H](CC2CCCCC2)NC(=O)c2cc3ccccc3s2)CC1. The predicted molar refractivity (Wildman–Crippen MR) is 160 cm³/mol. The largest absolute Gasteiger partial charge is 0.352 e. The fourth-order valence-corrected chi connectivity index (χ4v) is 8.59. The van der Waals surface area contributed by atoms with Crippen LogP contribution >= 0.6 is 11.3 Å². The van der Waals surface area contributed by atoms with Crippen molar-refractivity contribution in [2.75, 3.05) is 13.1 Å². The Kier molecular flexibility index (Phi) is 9.38. The van der Waals surface area contributed by atoms with Crippen molar-refractivity contribution in [3.8, 4) is 6.07 Å². The molecule has 41 heavy (non-hydrogen) atoms. The van der Waals surface area contributed by atoms with Gasteiger partial charge in [0.15, 0.2) is 0 Å².